The molecule has 1 aliphatic heterocycles. The molecule has 1 aromatic heterocycles. The highest BCUT2D eigenvalue weighted by atomic mass is 15.1. The molecule has 0 spiro atoms. The minimum absolute atomic E-state index is 0.698. The molecule has 1 N–H and O–H groups in total. The van der Waals surface area contributed by atoms with E-state index in [1.54, 1.807) is 0 Å². The Morgan fingerprint density at radius 2 is 2.22 bits per heavy atom. The monoisotopic (exact) mass is 247 g/mol. The van der Waals surface area contributed by atoms with Crippen molar-refractivity contribution in [1.82, 2.24) is 15.2 Å². The van der Waals surface area contributed by atoms with Gasteiger partial charge in [0.2, 0.25) is 0 Å². The van der Waals surface area contributed by atoms with Crippen molar-refractivity contribution in [2.24, 2.45) is 0 Å². The number of rotatable bonds is 7. The van der Waals surface area contributed by atoms with Crippen molar-refractivity contribution in [3.05, 3.63) is 30.1 Å². The summed E-state index contributed by atoms with van der Waals surface area (Å²) < 4.78 is 0. The second kappa shape index (κ2) is 7.49. The second-order valence-corrected chi connectivity index (χ2v) is 5.24. The van der Waals surface area contributed by atoms with E-state index in [1.807, 2.05) is 12.4 Å². The first-order chi connectivity index (χ1) is 8.88. The highest BCUT2D eigenvalue weighted by Crippen LogP contribution is 2.11. The van der Waals surface area contributed by atoms with Gasteiger partial charge in [-0.1, -0.05) is 13.3 Å². The number of hydrogen-bond donors (Lipinski definition) is 1. The maximum Gasteiger partial charge on any atom is 0.0271 e. The number of pyridine rings is 1. The van der Waals surface area contributed by atoms with Crippen LogP contribution in [0, 0.1) is 0 Å². The van der Waals surface area contributed by atoms with Gasteiger partial charge in [-0.2, -0.15) is 0 Å². The fourth-order valence-corrected chi connectivity index (χ4v) is 2.59. The van der Waals surface area contributed by atoms with Crippen molar-refractivity contribution in [2.75, 3.05) is 19.6 Å². The van der Waals surface area contributed by atoms with E-state index < -0.39 is 0 Å². The first-order valence-corrected chi connectivity index (χ1v) is 7.23. The molecular formula is C15H25N3. The van der Waals surface area contributed by atoms with E-state index in [9.17, 15) is 0 Å². The van der Waals surface area contributed by atoms with Crippen molar-refractivity contribution in [2.45, 2.75) is 45.2 Å². The lowest BCUT2D eigenvalue weighted by atomic mass is 10.1. The Kier molecular flexibility index (Phi) is 5.62. The van der Waals surface area contributed by atoms with Crippen LogP contribution in [0.2, 0.25) is 0 Å². The van der Waals surface area contributed by atoms with Gasteiger partial charge in [-0.25, -0.2) is 0 Å². The van der Waals surface area contributed by atoms with Crippen molar-refractivity contribution in [3.8, 4) is 0 Å². The summed E-state index contributed by atoms with van der Waals surface area (Å²) in [5, 5.41) is 3.60. The average Bonchev–Trinajstić information content (AvgIpc) is 2.90. The van der Waals surface area contributed by atoms with Crippen LogP contribution in [-0.2, 0) is 6.54 Å². The molecule has 1 aromatic rings. The quantitative estimate of drug-likeness (QED) is 0.802. The lowest BCUT2D eigenvalue weighted by molar-refractivity contribution is 0.237. The van der Waals surface area contributed by atoms with Crippen LogP contribution in [-0.4, -0.2) is 35.6 Å². The third kappa shape index (κ3) is 4.39. The molecule has 1 unspecified atom stereocenters. The van der Waals surface area contributed by atoms with Crippen LogP contribution in [0.25, 0.3) is 0 Å². The van der Waals surface area contributed by atoms with E-state index in [-0.39, 0.29) is 0 Å². The fourth-order valence-electron chi connectivity index (χ4n) is 2.59. The molecule has 1 aliphatic rings. The Hall–Kier alpha value is -0.930. The maximum atomic E-state index is 4.09. The minimum Gasteiger partial charge on any atom is -0.313 e. The molecule has 1 saturated heterocycles. The first kappa shape index (κ1) is 13.5. The van der Waals surface area contributed by atoms with Gasteiger partial charge < -0.3 is 5.32 Å². The van der Waals surface area contributed by atoms with Gasteiger partial charge in [0, 0.05) is 31.5 Å². The molecule has 1 fully saturated rings. The molecule has 1 atom stereocenters. The minimum atomic E-state index is 0.698. The Morgan fingerprint density at radius 1 is 1.39 bits per heavy atom. The molecule has 0 aromatic carbocycles. The van der Waals surface area contributed by atoms with Crippen molar-refractivity contribution in [3.63, 3.8) is 0 Å². The maximum absolute atomic E-state index is 4.09. The highest BCUT2D eigenvalue weighted by molar-refractivity contribution is 5.09. The zero-order chi connectivity index (χ0) is 12.6. The summed E-state index contributed by atoms with van der Waals surface area (Å²) in [6.07, 6.45) is 9.01. The van der Waals surface area contributed by atoms with Crippen LogP contribution in [0.5, 0.6) is 0 Å². The molecule has 3 heteroatoms. The van der Waals surface area contributed by atoms with Crippen LogP contribution < -0.4 is 5.32 Å². The van der Waals surface area contributed by atoms with Gasteiger partial charge in [-0.3, -0.25) is 9.88 Å². The molecule has 0 radical (unpaired) electrons. The summed E-state index contributed by atoms with van der Waals surface area (Å²) in [6.45, 7) is 6.90. The molecule has 18 heavy (non-hydrogen) atoms. The van der Waals surface area contributed by atoms with Gasteiger partial charge in [0.25, 0.3) is 0 Å². The lowest BCUT2D eigenvalue weighted by Gasteiger charge is -2.25. The lowest BCUT2D eigenvalue weighted by Crippen LogP contribution is -2.37. The van der Waals surface area contributed by atoms with Gasteiger partial charge >= 0.3 is 0 Å². The first-order valence-electron chi connectivity index (χ1n) is 7.23. The van der Waals surface area contributed by atoms with Crippen molar-refractivity contribution in [1.29, 1.82) is 0 Å². The summed E-state index contributed by atoms with van der Waals surface area (Å²) in [6, 6.07) is 4.95. The number of unbranched alkanes of at least 4 members (excludes halogenated alkanes) is 1. The molecular weight excluding hydrogens is 222 g/mol. The van der Waals surface area contributed by atoms with Crippen LogP contribution in [0.3, 0.4) is 0 Å². The third-order valence-corrected chi connectivity index (χ3v) is 3.62. The predicted octanol–water partition coefficient (Wildman–Crippen LogP) is 2.44. The molecule has 0 aliphatic carbocycles. The van der Waals surface area contributed by atoms with E-state index in [4.69, 9.17) is 0 Å². The van der Waals surface area contributed by atoms with Gasteiger partial charge in [-0.05, 0) is 50.0 Å². The topological polar surface area (TPSA) is 28.2 Å². The van der Waals surface area contributed by atoms with E-state index >= 15 is 0 Å². The van der Waals surface area contributed by atoms with E-state index in [1.165, 1.54) is 50.9 Å². The molecule has 0 saturated carbocycles. The van der Waals surface area contributed by atoms with Gasteiger partial charge in [0.15, 0.2) is 0 Å². The second-order valence-electron chi connectivity index (χ2n) is 5.24. The SMILES string of the molecule is CCCCN(Cc1ccncc1)CC1CCCN1. The number of nitrogens with zero attached hydrogens (tertiary/aromatic N) is 2. The molecule has 2 rings (SSSR count). The predicted molar refractivity (Wildman–Crippen MR) is 75.4 cm³/mol. The smallest absolute Gasteiger partial charge is 0.0271 e. The number of hydrogen-bond acceptors (Lipinski definition) is 3. The van der Waals surface area contributed by atoms with E-state index in [0.29, 0.717) is 6.04 Å². The molecule has 2 heterocycles. The third-order valence-electron chi connectivity index (χ3n) is 3.62. The Bertz CT molecular complexity index is 320. The van der Waals surface area contributed by atoms with Gasteiger partial charge in [0.05, 0.1) is 0 Å². The Labute approximate surface area is 111 Å². The summed E-state index contributed by atoms with van der Waals surface area (Å²) in [5.41, 5.74) is 1.37. The Balaban J connectivity index is 1.87. The fraction of sp³-hybridized carbons (Fsp3) is 0.667. The van der Waals surface area contributed by atoms with Crippen LogP contribution in [0.15, 0.2) is 24.5 Å². The molecule has 0 bridgehead atoms. The van der Waals surface area contributed by atoms with Gasteiger partial charge in [-0.15, -0.1) is 0 Å². The van der Waals surface area contributed by atoms with Crippen LogP contribution in [0.4, 0.5) is 0 Å². The highest BCUT2D eigenvalue weighted by Gasteiger charge is 2.17. The summed E-state index contributed by atoms with van der Waals surface area (Å²) >= 11 is 0. The summed E-state index contributed by atoms with van der Waals surface area (Å²) in [4.78, 5) is 6.67. The zero-order valence-electron chi connectivity index (χ0n) is 11.4. The molecule has 0 amide bonds. The van der Waals surface area contributed by atoms with Crippen molar-refractivity contribution < 1.29 is 0 Å². The average molecular weight is 247 g/mol. The van der Waals surface area contributed by atoms with E-state index in [2.05, 4.69) is 34.3 Å². The van der Waals surface area contributed by atoms with Gasteiger partial charge in [0.1, 0.15) is 0 Å². The number of nitrogens with one attached hydrogen (secondary N) is 1. The van der Waals surface area contributed by atoms with Crippen molar-refractivity contribution >= 4 is 0 Å². The molecule has 100 valence electrons. The standard InChI is InChI=1S/C15H25N3/c1-2-3-11-18(13-15-5-4-8-17-15)12-14-6-9-16-10-7-14/h6-7,9-10,15,17H,2-5,8,11-13H2,1H3. The normalized spacial score (nSPS) is 19.6. The number of aromatic nitrogens is 1. The van der Waals surface area contributed by atoms with E-state index in [0.717, 1.165) is 6.54 Å². The van der Waals surface area contributed by atoms with Crippen LogP contribution in [0.1, 0.15) is 38.2 Å². The Morgan fingerprint density at radius 3 is 2.89 bits per heavy atom. The largest absolute Gasteiger partial charge is 0.313 e. The summed E-state index contributed by atoms with van der Waals surface area (Å²) in [7, 11) is 0. The molecule has 3 nitrogen and oxygen atoms in total. The zero-order valence-corrected chi connectivity index (χ0v) is 11.4. The summed E-state index contributed by atoms with van der Waals surface area (Å²) in [5.74, 6) is 0. The van der Waals surface area contributed by atoms with Crippen LogP contribution >= 0.6 is 0 Å².